The van der Waals surface area contributed by atoms with Crippen molar-refractivity contribution in [2.75, 3.05) is 18.8 Å². The van der Waals surface area contributed by atoms with Gasteiger partial charge in [0.05, 0.1) is 15.9 Å². The molecule has 4 rings (SSSR count). The Labute approximate surface area is 193 Å². The molecule has 1 aromatic heterocycles. The minimum absolute atomic E-state index is 0.0922. The molecule has 1 aliphatic heterocycles. The van der Waals surface area contributed by atoms with Crippen LogP contribution in [-0.2, 0) is 17.6 Å². The number of nitrogen functional groups attached to an aromatic ring is 1. The molecular formula is C23H25Br2N3O2. The quantitative estimate of drug-likeness (QED) is 0.275. The Kier molecular flexibility index (Phi) is 7.03. The predicted octanol–water partition coefficient (Wildman–Crippen LogP) is 5.24. The molecule has 0 spiro atoms. The van der Waals surface area contributed by atoms with E-state index < -0.39 is 0 Å². The second-order valence-corrected chi connectivity index (χ2v) is 9.01. The lowest BCUT2D eigenvalue weighted by atomic mass is 9.88. The Morgan fingerprint density at radius 1 is 1.17 bits per heavy atom. The number of likely N-dealkylation sites (tertiary alicyclic amines) is 1. The lowest BCUT2D eigenvalue weighted by Crippen LogP contribution is -2.34. The monoisotopic (exact) mass is 533 g/mol. The number of fused-ring (bicyclic) bond motifs is 2. The molecule has 1 aliphatic carbocycles. The highest BCUT2D eigenvalue weighted by Crippen LogP contribution is 2.45. The normalized spacial score (nSPS) is 15.5. The van der Waals surface area contributed by atoms with E-state index in [4.69, 9.17) is 10.7 Å². The number of pyridine rings is 1. The molecule has 1 aromatic carbocycles. The van der Waals surface area contributed by atoms with Gasteiger partial charge in [-0.2, -0.15) is 0 Å². The molecule has 30 heavy (non-hydrogen) atoms. The number of anilines is 1. The summed E-state index contributed by atoms with van der Waals surface area (Å²) in [7, 11) is 0. The smallest absolute Gasteiger partial charge is 0.219 e. The van der Waals surface area contributed by atoms with Gasteiger partial charge in [0.1, 0.15) is 0 Å². The molecule has 0 saturated carbocycles. The van der Waals surface area contributed by atoms with Crippen LogP contribution in [0.5, 0.6) is 5.75 Å². The molecule has 0 radical (unpaired) electrons. The van der Waals surface area contributed by atoms with Gasteiger partial charge in [-0.05, 0) is 86.4 Å². The molecule has 0 bridgehead atoms. The number of piperidine rings is 1. The summed E-state index contributed by atoms with van der Waals surface area (Å²) in [5.41, 5.74) is 13.1. The number of phenolic OH excluding ortho intramolecular Hbond substituents is 1. The Balaban J connectivity index is 0.00000124. The summed E-state index contributed by atoms with van der Waals surface area (Å²) in [5, 5.41) is 10.4. The topological polar surface area (TPSA) is 79.5 Å². The van der Waals surface area contributed by atoms with Gasteiger partial charge in [0.25, 0.3) is 0 Å². The van der Waals surface area contributed by atoms with Crippen LogP contribution in [0.1, 0.15) is 42.1 Å². The van der Waals surface area contributed by atoms with Gasteiger partial charge in [0.2, 0.25) is 5.91 Å². The Morgan fingerprint density at radius 3 is 2.47 bits per heavy atom. The molecule has 5 nitrogen and oxygen atoms in total. The summed E-state index contributed by atoms with van der Waals surface area (Å²) in [4.78, 5) is 18.4. The second-order valence-electron chi connectivity index (χ2n) is 7.30. The fourth-order valence-electron chi connectivity index (χ4n) is 4.15. The number of benzene rings is 1. The van der Waals surface area contributed by atoms with Crippen LogP contribution in [0.4, 0.5) is 5.69 Å². The highest BCUT2D eigenvalue weighted by molar-refractivity contribution is 9.10. The van der Waals surface area contributed by atoms with E-state index in [-0.39, 0.29) is 11.7 Å². The molecule has 1 fully saturated rings. The average molecular weight is 535 g/mol. The third-order valence-corrected chi connectivity index (χ3v) is 6.91. The van der Waals surface area contributed by atoms with Crippen LogP contribution in [0.2, 0.25) is 0 Å². The summed E-state index contributed by atoms with van der Waals surface area (Å²) >= 11 is 7.09. The molecule has 1 amide bonds. The Morgan fingerprint density at radius 2 is 1.83 bits per heavy atom. The van der Waals surface area contributed by atoms with Crippen LogP contribution in [-0.4, -0.2) is 34.0 Å². The Hall–Kier alpha value is -2.12. The van der Waals surface area contributed by atoms with Gasteiger partial charge in [0.15, 0.2) is 5.75 Å². The van der Waals surface area contributed by atoms with Crippen LogP contribution in [0.15, 0.2) is 46.0 Å². The molecule has 1 saturated heterocycles. The average Bonchev–Trinajstić information content (AvgIpc) is 2.90. The fraction of sp³-hybridized carbons (Fsp3) is 0.304. The summed E-state index contributed by atoms with van der Waals surface area (Å²) in [6.07, 6.45) is 5.06. The number of rotatable bonds is 0. The standard InChI is InChI=1S/C21H21Br2N3O2.C2H4/c1-11(27)26-6-4-12(5-7-26)18-16-9-17(24)21(28)19(23)15(16)3-2-13-8-14(22)10-25-20(13)18;1-2/h8-10,28H,2-7,24H2,1H3;1-2H2. The summed E-state index contributed by atoms with van der Waals surface area (Å²) < 4.78 is 1.61. The fourth-order valence-corrected chi connectivity index (χ4v) is 5.17. The van der Waals surface area contributed by atoms with Gasteiger partial charge in [-0.25, -0.2) is 0 Å². The first-order valence-corrected chi connectivity index (χ1v) is 11.4. The van der Waals surface area contributed by atoms with Crippen molar-refractivity contribution in [2.45, 2.75) is 32.6 Å². The van der Waals surface area contributed by atoms with E-state index in [1.54, 1.807) is 6.92 Å². The first kappa shape index (κ1) is 22.6. The maximum atomic E-state index is 11.7. The zero-order chi connectivity index (χ0) is 22.0. The molecule has 0 unspecified atom stereocenters. The van der Waals surface area contributed by atoms with Gasteiger partial charge in [0, 0.05) is 36.3 Å². The third kappa shape index (κ3) is 4.18. The second kappa shape index (κ2) is 9.35. The maximum absolute atomic E-state index is 11.7. The van der Waals surface area contributed by atoms with E-state index in [0.29, 0.717) is 23.2 Å². The van der Waals surface area contributed by atoms with Crippen molar-refractivity contribution in [3.63, 3.8) is 0 Å². The molecule has 2 heterocycles. The minimum Gasteiger partial charge on any atom is -0.505 e. The van der Waals surface area contributed by atoms with Crippen molar-refractivity contribution in [3.8, 4) is 5.75 Å². The lowest BCUT2D eigenvalue weighted by Gasteiger charge is -2.29. The molecular weight excluding hydrogens is 510 g/mol. The van der Waals surface area contributed by atoms with E-state index in [1.165, 1.54) is 11.1 Å². The highest BCUT2D eigenvalue weighted by Gasteiger charge is 2.28. The number of carbonyl (C=O) groups excluding carboxylic acids is 1. The number of aryl methyl sites for hydroxylation is 1. The number of halogens is 2. The van der Waals surface area contributed by atoms with E-state index in [9.17, 15) is 9.90 Å². The number of nitrogens with zero attached hydrogens (tertiary/aromatic N) is 2. The number of hydrogen-bond donors (Lipinski definition) is 2. The predicted molar refractivity (Wildman–Crippen MR) is 128 cm³/mol. The SMILES string of the molecule is C=C.CC(=O)N1CCC(=C2c3cc(N)c(O)c(Br)c3CCc3cc(Br)cnc32)CC1. The van der Waals surface area contributed by atoms with Crippen molar-refractivity contribution in [3.05, 3.63) is 68.4 Å². The summed E-state index contributed by atoms with van der Waals surface area (Å²) in [6.45, 7) is 9.04. The zero-order valence-corrected chi connectivity index (χ0v) is 20.1. The van der Waals surface area contributed by atoms with Crippen LogP contribution < -0.4 is 5.73 Å². The lowest BCUT2D eigenvalue weighted by molar-refractivity contribution is -0.129. The summed E-state index contributed by atoms with van der Waals surface area (Å²) in [6, 6.07) is 3.99. The largest absolute Gasteiger partial charge is 0.505 e. The van der Waals surface area contributed by atoms with Crippen molar-refractivity contribution in [2.24, 2.45) is 0 Å². The third-order valence-electron chi connectivity index (χ3n) is 5.62. The number of nitrogens with two attached hydrogens (primary N) is 1. The molecule has 2 aromatic rings. The van der Waals surface area contributed by atoms with Crippen molar-refractivity contribution in [1.82, 2.24) is 9.88 Å². The van der Waals surface area contributed by atoms with Gasteiger partial charge < -0.3 is 15.7 Å². The molecule has 3 N–H and O–H groups in total. The Bertz CT molecular complexity index is 1020. The van der Waals surface area contributed by atoms with Crippen LogP contribution in [0.25, 0.3) is 5.57 Å². The first-order chi connectivity index (χ1) is 14.4. The number of aromatic hydroxyl groups is 1. The minimum atomic E-state index is 0.0922. The van der Waals surface area contributed by atoms with E-state index in [1.807, 2.05) is 17.2 Å². The molecule has 0 atom stereocenters. The molecule has 7 heteroatoms. The van der Waals surface area contributed by atoms with Crippen molar-refractivity contribution < 1.29 is 9.90 Å². The number of aromatic nitrogens is 1. The van der Waals surface area contributed by atoms with Gasteiger partial charge in [-0.15, -0.1) is 13.2 Å². The van der Waals surface area contributed by atoms with Gasteiger partial charge in [-0.1, -0.05) is 5.57 Å². The number of amides is 1. The number of carbonyl (C=O) groups is 1. The number of hydrogen-bond acceptors (Lipinski definition) is 4. The van der Waals surface area contributed by atoms with Crippen molar-refractivity contribution >= 4 is 49.0 Å². The van der Waals surface area contributed by atoms with E-state index >= 15 is 0 Å². The van der Waals surface area contributed by atoms with E-state index in [0.717, 1.165) is 52.5 Å². The number of phenols is 1. The van der Waals surface area contributed by atoms with Crippen LogP contribution in [0.3, 0.4) is 0 Å². The van der Waals surface area contributed by atoms with Crippen LogP contribution >= 0.6 is 31.9 Å². The van der Waals surface area contributed by atoms with Gasteiger partial charge in [-0.3, -0.25) is 9.78 Å². The van der Waals surface area contributed by atoms with E-state index in [2.05, 4.69) is 51.1 Å². The zero-order valence-electron chi connectivity index (χ0n) is 17.0. The molecule has 158 valence electrons. The highest BCUT2D eigenvalue weighted by atomic mass is 79.9. The van der Waals surface area contributed by atoms with Crippen molar-refractivity contribution in [1.29, 1.82) is 0 Å². The molecule has 2 aliphatic rings. The van der Waals surface area contributed by atoms with Crippen LogP contribution in [0, 0.1) is 0 Å². The summed E-state index contributed by atoms with van der Waals surface area (Å²) in [5.74, 6) is 0.208. The van der Waals surface area contributed by atoms with Gasteiger partial charge >= 0.3 is 0 Å². The maximum Gasteiger partial charge on any atom is 0.219 e. The first-order valence-electron chi connectivity index (χ1n) is 9.79.